The molecule has 0 N–H and O–H groups in total. The number of imidazole rings is 1. The van der Waals surface area contributed by atoms with Gasteiger partial charge in [-0.2, -0.15) is 0 Å². The Morgan fingerprint density at radius 2 is 1.81 bits per heavy atom. The lowest BCUT2D eigenvalue weighted by Gasteiger charge is -2.26. The molecule has 4 nitrogen and oxygen atoms in total. The number of carbonyl (C=O) groups is 1. The molecule has 1 aromatic heterocycles. The summed E-state index contributed by atoms with van der Waals surface area (Å²) in [6.45, 7) is 6.14. The van der Waals surface area contributed by atoms with Gasteiger partial charge in [-0.3, -0.25) is 9.36 Å². The van der Waals surface area contributed by atoms with Gasteiger partial charge >= 0.3 is 0 Å². The van der Waals surface area contributed by atoms with Gasteiger partial charge in [-0.15, -0.1) is 0 Å². The fourth-order valence-corrected chi connectivity index (χ4v) is 3.75. The van der Waals surface area contributed by atoms with Gasteiger partial charge < -0.3 is 4.90 Å². The van der Waals surface area contributed by atoms with Crippen LogP contribution in [0.1, 0.15) is 19.4 Å². The van der Waals surface area contributed by atoms with Crippen LogP contribution >= 0.6 is 11.8 Å². The molecule has 3 rings (SSSR count). The second-order valence-electron chi connectivity index (χ2n) is 6.35. The number of hydrogen-bond acceptors (Lipinski definition) is 3. The van der Waals surface area contributed by atoms with Crippen LogP contribution < -0.4 is 4.90 Å². The zero-order valence-corrected chi connectivity index (χ0v) is 16.1. The summed E-state index contributed by atoms with van der Waals surface area (Å²) >= 11 is 1.47. The minimum Gasteiger partial charge on any atom is -0.309 e. The van der Waals surface area contributed by atoms with E-state index in [2.05, 4.69) is 24.0 Å². The van der Waals surface area contributed by atoms with E-state index >= 15 is 0 Å². The van der Waals surface area contributed by atoms with E-state index in [1.807, 2.05) is 72.0 Å². The first-order valence-electron chi connectivity index (χ1n) is 8.67. The Labute approximate surface area is 158 Å². The van der Waals surface area contributed by atoms with E-state index in [4.69, 9.17) is 0 Å². The van der Waals surface area contributed by atoms with Gasteiger partial charge in [-0.05, 0) is 44.5 Å². The average Bonchev–Trinajstić information content (AvgIpc) is 3.09. The molecular weight excluding hydrogens is 342 g/mol. The van der Waals surface area contributed by atoms with Gasteiger partial charge in [0.2, 0.25) is 5.91 Å². The minimum atomic E-state index is 0.0792. The second kappa shape index (κ2) is 8.23. The van der Waals surface area contributed by atoms with Crippen LogP contribution in [0.15, 0.2) is 72.1 Å². The van der Waals surface area contributed by atoms with Gasteiger partial charge in [0.1, 0.15) is 0 Å². The first-order chi connectivity index (χ1) is 12.6. The maximum atomic E-state index is 12.9. The lowest BCUT2D eigenvalue weighted by molar-refractivity contribution is -0.116. The highest BCUT2D eigenvalue weighted by molar-refractivity contribution is 7.99. The Balaban J connectivity index is 1.76. The van der Waals surface area contributed by atoms with Gasteiger partial charge in [-0.1, -0.05) is 48.2 Å². The lowest BCUT2D eigenvalue weighted by atomic mass is 10.2. The third-order valence-electron chi connectivity index (χ3n) is 4.13. The Bertz CT molecular complexity index is 874. The summed E-state index contributed by atoms with van der Waals surface area (Å²) in [6.07, 6.45) is 3.71. The molecule has 0 aliphatic carbocycles. The number of aromatic nitrogens is 2. The molecule has 0 aliphatic heterocycles. The number of benzene rings is 2. The van der Waals surface area contributed by atoms with Crippen molar-refractivity contribution >= 4 is 23.4 Å². The molecule has 0 bridgehead atoms. The summed E-state index contributed by atoms with van der Waals surface area (Å²) in [5.41, 5.74) is 3.19. The molecule has 0 unspecified atom stereocenters. The number of thioether (sulfide) groups is 1. The Morgan fingerprint density at radius 1 is 1.12 bits per heavy atom. The summed E-state index contributed by atoms with van der Waals surface area (Å²) in [6, 6.07) is 18.1. The molecule has 134 valence electrons. The summed E-state index contributed by atoms with van der Waals surface area (Å²) in [4.78, 5) is 19.1. The van der Waals surface area contributed by atoms with Crippen LogP contribution in [-0.2, 0) is 4.79 Å². The van der Waals surface area contributed by atoms with E-state index in [9.17, 15) is 4.79 Å². The summed E-state index contributed by atoms with van der Waals surface area (Å²) in [5, 5.41) is 0.824. The van der Waals surface area contributed by atoms with E-state index in [0.717, 1.165) is 16.5 Å². The van der Waals surface area contributed by atoms with Crippen LogP contribution in [0.25, 0.3) is 5.69 Å². The van der Waals surface area contributed by atoms with Gasteiger partial charge in [0.15, 0.2) is 5.16 Å². The highest BCUT2D eigenvalue weighted by Gasteiger charge is 2.20. The number of carbonyl (C=O) groups excluding carboxylic acids is 1. The van der Waals surface area contributed by atoms with Crippen LogP contribution in [0.4, 0.5) is 5.69 Å². The first-order valence-corrected chi connectivity index (χ1v) is 9.65. The third kappa shape index (κ3) is 3.99. The fourth-order valence-electron chi connectivity index (χ4n) is 2.93. The summed E-state index contributed by atoms with van der Waals surface area (Å²) < 4.78 is 2.04. The molecule has 0 spiro atoms. The summed E-state index contributed by atoms with van der Waals surface area (Å²) in [5.74, 6) is 0.422. The zero-order chi connectivity index (χ0) is 18.5. The maximum Gasteiger partial charge on any atom is 0.237 e. The van der Waals surface area contributed by atoms with Crippen molar-refractivity contribution < 1.29 is 4.79 Å². The normalized spacial score (nSPS) is 10.9. The van der Waals surface area contributed by atoms with Crippen molar-refractivity contribution in [2.45, 2.75) is 32.0 Å². The molecule has 1 heterocycles. The average molecular weight is 366 g/mol. The largest absolute Gasteiger partial charge is 0.309 e. The fraction of sp³-hybridized carbons (Fsp3) is 0.238. The van der Waals surface area contributed by atoms with Crippen molar-refractivity contribution in [3.05, 3.63) is 72.6 Å². The maximum absolute atomic E-state index is 12.9. The van der Waals surface area contributed by atoms with Crippen molar-refractivity contribution in [3.8, 4) is 5.69 Å². The Kier molecular flexibility index (Phi) is 5.78. The van der Waals surface area contributed by atoms with Gasteiger partial charge in [0, 0.05) is 24.1 Å². The molecule has 0 fully saturated rings. The van der Waals surface area contributed by atoms with Gasteiger partial charge in [-0.25, -0.2) is 4.98 Å². The number of amides is 1. The Morgan fingerprint density at radius 3 is 2.50 bits per heavy atom. The van der Waals surface area contributed by atoms with E-state index in [-0.39, 0.29) is 11.9 Å². The van der Waals surface area contributed by atoms with Crippen LogP contribution in [0.2, 0.25) is 0 Å². The second-order valence-corrected chi connectivity index (χ2v) is 7.29. The van der Waals surface area contributed by atoms with Gasteiger partial charge in [0.25, 0.3) is 0 Å². The molecule has 1 amide bonds. The van der Waals surface area contributed by atoms with Gasteiger partial charge in [0.05, 0.1) is 11.4 Å². The van der Waals surface area contributed by atoms with Crippen molar-refractivity contribution in [3.63, 3.8) is 0 Å². The standard InChI is InChI=1S/C21H23N3OS/c1-16(2)24(18-10-5-4-6-11-18)20(25)15-26-21-22-13-14-23(21)19-12-8-7-9-17(19)3/h4-14,16H,15H2,1-3H3. The van der Waals surface area contributed by atoms with E-state index in [1.54, 1.807) is 6.20 Å². The first kappa shape index (κ1) is 18.3. The molecule has 26 heavy (non-hydrogen) atoms. The zero-order valence-electron chi connectivity index (χ0n) is 15.3. The highest BCUT2D eigenvalue weighted by atomic mass is 32.2. The van der Waals surface area contributed by atoms with Crippen LogP contribution in [0.5, 0.6) is 0 Å². The highest BCUT2D eigenvalue weighted by Crippen LogP contribution is 2.24. The molecule has 0 radical (unpaired) electrons. The van der Waals surface area contributed by atoms with Crippen molar-refractivity contribution in [2.24, 2.45) is 0 Å². The predicted octanol–water partition coefficient (Wildman–Crippen LogP) is 4.71. The third-order valence-corrected chi connectivity index (χ3v) is 5.08. The number of aryl methyl sites for hydroxylation is 1. The van der Waals surface area contributed by atoms with Crippen LogP contribution in [0.3, 0.4) is 0 Å². The minimum absolute atomic E-state index is 0.0792. The molecule has 5 heteroatoms. The molecule has 0 aliphatic rings. The Hall–Kier alpha value is -2.53. The molecule has 0 saturated heterocycles. The molecule has 0 atom stereocenters. The number of rotatable bonds is 6. The van der Waals surface area contributed by atoms with E-state index < -0.39 is 0 Å². The van der Waals surface area contributed by atoms with E-state index in [1.165, 1.54) is 17.3 Å². The topological polar surface area (TPSA) is 38.1 Å². The smallest absolute Gasteiger partial charge is 0.237 e. The number of para-hydroxylation sites is 2. The lowest BCUT2D eigenvalue weighted by Crippen LogP contribution is -2.38. The SMILES string of the molecule is Cc1ccccc1-n1ccnc1SCC(=O)N(c1ccccc1)C(C)C. The molecule has 3 aromatic rings. The summed E-state index contributed by atoms with van der Waals surface area (Å²) in [7, 11) is 0. The van der Waals surface area contributed by atoms with E-state index in [0.29, 0.717) is 5.75 Å². The molecule has 0 saturated carbocycles. The van der Waals surface area contributed by atoms with Crippen molar-refractivity contribution in [2.75, 3.05) is 10.7 Å². The predicted molar refractivity (Wildman–Crippen MR) is 108 cm³/mol. The number of anilines is 1. The van der Waals surface area contributed by atoms with Crippen molar-refractivity contribution in [1.29, 1.82) is 0 Å². The van der Waals surface area contributed by atoms with Crippen LogP contribution in [-0.4, -0.2) is 27.3 Å². The monoisotopic (exact) mass is 365 g/mol. The molecular formula is C21H23N3OS. The number of hydrogen-bond donors (Lipinski definition) is 0. The van der Waals surface area contributed by atoms with Crippen LogP contribution in [0, 0.1) is 6.92 Å². The number of nitrogens with zero attached hydrogens (tertiary/aromatic N) is 3. The quantitative estimate of drug-likeness (QED) is 0.594. The van der Waals surface area contributed by atoms with Crippen molar-refractivity contribution in [1.82, 2.24) is 9.55 Å². The molecule has 2 aromatic carbocycles.